The van der Waals surface area contributed by atoms with Gasteiger partial charge in [-0.3, -0.25) is 4.79 Å². The predicted molar refractivity (Wildman–Crippen MR) is 115 cm³/mol. The number of carbonyl (C=O) groups excluding carboxylic acids is 1. The summed E-state index contributed by atoms with van der Waals surface area (Å²) in [6, 6.07) is 11.8. The predicted octanol–water partition coefficient (Wildman–Crippen LogP) is 2.94. The van der Waals surface area contributed by atoms with E-state index in [0.717, 1.165) is 5.56 Å². The molecule has 0 atom stereocenters. The summed E-state index contributed by atoms with van der Waals surface area (Å²) >= 11 is 0. The number of hydrogen-bond donors (Lipinski definition) is 0. The Bertz CT molecular complexity index is 995. The molecule has 0 saturated carbocycles. The molecule has 1 aliphatic heterocycles. The molecule has 0 bridgehead atoms. The maximum Gasteiger partial charge on any atom is 0.253 e. The van der Waals surface area contributed by atoms with Gasteiger partial charge in [-0.25, -0.2) is 8.42 Å². The number of nitrogens with zero attached hydrogens (tertiary/aromatic N) is 2. The highest BCUT2D eigenvalue weighted by Gasteiger charge is 2.30. The molecule has 7 nitrogen and oxygen atoms in total. The van der Waals surface area contributed by atoms with Crippen molar-refractivity contribution in [1.29, 1.82) is 0 Å². The SMILES string of the molecule is COc1ccc(C(=O)N2CCN(S(=O)(=O)c3ccc(OC(C)C)c(C)c3)CC2)cc1. The maximum atomic E-state index is 13.1. The van der Waals surface area contributed by atoms with Gasteiger partial charge in [-0.15, -0.1) is 0 Å². The van der Waals surface area contributed by atoms with Crippen LogP contribution in [0.1, 0.15) is 29.8 Å². The molecular weight excluding hydrogens is 404 g/mol. The van der Waals surface area contributed by atoms with E-state index in [1.54, 1.807) is 54.5 Å². The quantitative estimate of drug-likeness (QED) is 0.702. The maximum absolute atomic E-state index is 13.1. The highest BCUT2D eigenvalue weighted by Crippen LogP contribution is 2.26. The Hall–Kier alpha value is -2.58. The number of hydrogen-bond acceptors (Lipinski definition) is 5. The Balaban J connectivity index is 1.67. The van der Waals surface area contributed by atoms with Crippen LogP contribution in [0.3, 0.4) is 0 Å². The molecule has 1 amide bonds. The first-order valence-corrected chi connectivity index (χ1v) is 11.4. The first-order valence-electron chi connectivity index (χ1n) is 9.93. The highest BCUT2D eigenvalue weighted by molar-refractivity contribution is 7.89. The Morgan fingerprint density at radius 2 is 1.63 bits per heavy atom. The van der Waals surface area contributed by atoms with Crippen LogP contribution in [0, 0.1) is 6.92 Å². The van der Waals surface area contributed by atoms with Gasteiger partial charge in [0.05, 0.1) is 18.1 Å². The first kappa shape index (κ1) is 22.1. The Labute approximate surface area is 178 Å². The van der Waals surface area contributed by atoms with Gasteiger partial charge in [0.25, 0.3) is 5.91 Å². The highest BCUT2D eigenvalue weighted by atomic mass is 32.2. The number of amides is 1. The first-order chi connectivity index (χ1) is 14.2. The van der Waals surface area contributed by atoms with Crippen molar-refractivity contribution in [3.8, 4) is 11.5 Å². The second-order valence-electron chi connectivity index (χ2n) is 7.52. The topological polar surface area (TPSA) is 76.2 Å². The van der Waals surface area contributed by atoms with Gasteiger partial charge in [0.1, 0.15) is 11.5 Å². The molecule has 162 valence electrons. The van der Waals surface area contributed by atoms with E-state index in [1.807, 2.05) is 20.8 Å². The van der Waals surface area contributed by atoms with E-state index in [4.69, 9.17) is 9.47 Å². The fourth-order valence-electron chi connectivity index (χ4n) is 3.37. The minimum Gasteiger partial charge on any atom is -0.497 e. The Kier molecular flexibility index (Phi) is 6.67. The van der Waals surface area contributed by atoms with Crippen LogP contribution in [0.15, 0.2) is 47.4 Å². The number of aryl methyl sites for hydroxylation is 1. The lowest BCUT2D eigenvalue weighted by atomic mass is 10.2. The number of methoxy groups -OCH3 is 1. The largest absolute Gasteiger partial charge is 0.497 e. The molecular formula is C22H28N2O5S. The van der Waals surface area contributed by atoms with E-state index in [9.17, 15) is 13.2 Å². The number of piperazine rings is 1. The van der Waals surface area contributed by atoms with E-state index < -0.39 is 10.0 Å². The third-order valence-electron chi connectivity index (χ3n) is 5.01. The van der Waals surface area contributed by atoms with Gasteiger partial charge in [0, 0.05) is 31.7 Å². The molecule has 1 aliphatic rings. The normalized spacial score (nSPS) is 15.3. The lowest BCUT2D eigenvalue weighted by molar-refractivity contribution is 0.0698. The van der Waals surface area contributed by atoms with Crippen molar-refractivity contribution in [2.45, 2.75) is 31.8 Å². The second kappa shape index (κ2) is 9.06. The average Bonchev–Trinajstić information content (AvgIpc) is 2.74. The van der Waals surface area contributed by atoms with Crippen molar-refractivity contribution >= 4 is 15.9 Å². The van der Waals surface area contributed by atoms with Crippen LogP contribution in [0.25, 0.3) is 0 Å². The fourth-order valence-corrected chi connectivity index (χ4v) is 4.87. The van der Waals surface area contributed by atoms with Crippen LogP contribution in [0.4, 0.5) is 0 Å². The molecule has 1 fully saturated rings. The van der Waals surface area contributed by atoms with E-state index in [2.05, 4.69) is 0 Å². The molecule has 3 rings (SSSR count). The lowest BCUT2D eigenvalue weighted by Crippen LogP contribution is -2.50. The Morgan fingerprint density at radius 3 is 2.17 bits per heavy atom. The van der Waals surface area contributed by atoms with Crippen molar-refractivity contribution in [3.05, 3.63) is 53.6 Å². The van der Waals surface area contributed by atoms with Crippen LogP contribution < -0.4 is 9.47 Å². The van der Waals surface area contributed by atoms with Crippen LogP contribution in [-0.4, -0.2) is 62.9 Å². The van der Waals surface area contributed by atoms with E-state index >= 15 is 0 Å². The summed E-state index contributed by atoms with van der Waals surface area (Å²) in [6.45, 7) is 6.89. The zero-order chi connectivity index (χ0) is 21.9. The molecule has 8 heteroatoms. The lowest BCUT2D eigenvalue weighted by Gasteiger charge is -2.34. The zero-order valence-corrected chi connectivity index (χ0v) is 18.6. The van der Waals surface area contributed by atoms with Gasteiger partial charge in [-0.1, -0.05) is 0 Å². The zero-order valence-electron chi connectivity index (χ0n) is 17.8. The van der Waals surface area contributed by atoms with Crippen molar-refractivity contribution < 1.29 is 22.7 Å². The summed E-state index contributed by atoms with van der Waals surface area (Å²) < 4.78 is 38.4. The number of ether oxygens (including phenoxy) is 2. The molecule has 2 aromatic rings. The molecule has 0 spiro atoms. The Morgan fingerprint density at radius 1 is 1.00 bits per heavy atom. The summed E-state index contributed by atoms with van der Waals surface area (Å²) in [7, 11) is -2.06. The second-order valence-corrected chi connectivity index (χ2v) is 9.46. The summed E-state index contributed by atoms with van der Waals surface area (Å²) in [5, 5.41) is 0. The van der Waals surface area contributed by atoms with Crippen LogP contribution in [0.2, 0.25) is 0 Å². The van der Waals surface area contributed by atoms with E-state index in [1.165, 1.54) is 4.31 Å². The molecule has 0 aromatic heterocycles. The fraction of sp³-hybridized carbons (Fsp3) is 0.409. The van der Waals surface area contributed by atoms with Gasteiger partial charge in [0.2, 0.25) is 10.0 Å². The van der Waals surface area contributed by atoms with Gasteiger partial charge in [0.15, 0.2) is 0 Å². The molecule has 0 radical (unpaired) electrons. The minimum atomic E-state index is -3.63. The molecule has 0 N–H and O–H groups in total. The van der Waals surface area contributed by atoms with E-state index in [0.29, 0.717) is 30.2 Å². The van der Waals surface area contributed by atoms with Crippen LogP contribution in [0.5, 0.6) is 11.5 Å². The van der Waals surface area contributed by atoms with Gasteiger partial charge < -0.3 is 14.4 Å². The minimum absolute atomic E-state index is 0.0162. The van der Waals surface area contributed by atoms with Crippen LogP contribution in [-0.2, 0) is 10.0 Å². The van der Waals surface area contributed by atoms with Crippen molar-refractivity contribution in [2.24, 2.45) is 0 Å². The summed E-state index contributed by atoms with van der Waals surface area (Å²) in [5.74, 6) is 1.25. The molecule has 1 heterocycles. The summed E-state index contributed by atoms with van der Waals surface area (Å²) in [6.07, 6.45) is 0.0162. The number of carbonyl (C=O) groups is 1. The number of sulfonamides is 1. The molecule has 2 aromatic carbocycles. The smallest absolute Gasteiger partial charge is 0.253 e. The third-order valence-corrected chi connectivity index (χ3v) is 6.90. The third kappa shape index (κ3) is 4.76. The van der Waals surface area contributed by atoms with Gasteiger partial charge in [-0.05, 0) is 68.8 Å². The van der Waals surface area contributed by atoms with Gasteiger partial charge in [-0.2, -0.15) is 4.31 Å². The van der Waals surface area contributed by atoms with Crippen molar-refractivity contribution in [3.63, 3.8) is 0 Å². The van der Waals surface area contributed by atoms with E-state index in [-0.39, 0.29) is 30.0 Å². The summed E-state index contributed by atoms with van der Waals surface area (Å²) in [4.78, 5) is 14.6. The average molecular weight is 433 g/mol. The number of rotatable bonds is 6. The molecule has 0 unspecified atom stereocenters. The monoisotopic (exact) mass is 432 g/mol. The van der Waals surface area contributed by atoms with Crippen molar-refractivity contribution in [1.82, 2.24) is 9.21 Å². The molecule has 30 heavy (non-hydrogen) atoms. The van der Waals surface area contributed by atoms with Gasteiger partial charge >= 0.3 is 0 Å². The molecule has 1 saturated heterocycles. The number of benzene rings is 2. The molecule has 0 aliphatic carbocycles. The summed E-state index contributed by atoms with van der Waals surface area (Å²) in [5.41, 5.74) is 1.33. The van der Waals surface area contributed by atoms with Crippen molar-refractivity contribution in [2.75, 3.05) is 33.3 Å². The van der Waals surface area contributed by atoms with Crippen LogP contribution >= 0.6 is 0 Å². The standard InChI is InChI=1S/C22H28N2O5S/c1-16(2)29-21-10-9-20(15-17(21)3)30(26,27)24-13-11-23(12-14-24)22(25)18-5-7-19(28-4)8-6-18/h5-10,15-16H,11-14H2,1-4H3.